The highest BCUT2D eigenvalue weighted by Gasteiger charge is 2.22. The topological polar surface area (TPSA) is 68.0 Å². The fourth-order valence-electron chi connectivity index (χ4n) is 2.98. The largest absolute Gasteiger partial charge is 0.384 e. The fourth-order valence-corrected chi connectivity index (χ4v) is 2.98. The molecule has 0 bridgehead atoms. The summed E-state index contributed by atoms with van der Waals surface area (Å²) in [4.78, 5) is 16.5. The van der Waals surface area contributed by atoms with Crippen LogP contribution in [-0.4, -0.2) is 16.9 Å². The van der Waals surface area contributed by atoms with E-state index >= 15 is 0 Å². The number of nitrogens with one attached hydrogen (secondary N) is 1. The second-order valence-corrected chi connectivity index (χ2v) is 5.74. The summed E-state index contributed by atoms with van der Waals surface area (Å²) in [5, 5.41) is 3.16. The Morgan fingerprint density at radius 3 is 2.90 bits per heavy atom. The number of pyridine rings is 1. The molecular weight excluding hydrogens is 250 g/mol. The lowest BCUT2D eigenvalue weighted by atomic mass is 9.84. The van der Waals surface area contributed by atoms with E-state index in [4.69, 9.17) is 5.73 Å². The van der Waals surface area contributed by atoms with Crippen LogP contribution in [-0.2, 0) is 6.42 Å². The molecule has 1 aromatic heterocycles. The first-order chi connectivity index (χ1) is 9.62. The van der Waals surface area contributed by atoms with Gasteiger partial charge in [0.1, 0.15) is 5.82 Å². The van der Waals surface area contributed by atoms with E-state index in [1.54, 1.807) is 6.07 Å². The number of nitrogens with two attached hydrogens (primary N) is 1. The first-order valence-corrected chi connectivity index (χ1v) is 7.69. The molecule has 0 aliphatic heterocycles. The normalized spacial score (nSPS) is 22.5. The van der Waals surface area contributed by atoms with Gasteiger partial charge in [-0.25, -0.2) is 4.98 Å². The molecule has 1 aromatic rings. The van der Waals surface area contributed by atoms with Gasteiger partial charge in [-0.05, 0) is 37.3 Å². The Morgan fingerprint density at radius 1 is 1.40 bits per heavy atom. The zero-order chi connectivity index (χ0) is 14.5. The Labute approximate surface area is 121 Å². The van der Waals surface area contributed by atoms with Crippen LogP contribution in [0.5, 0.6) is 0 Å². The molecule has 0 radical (unpaired) electrons. The van der Waals surface area contributed by atoms with Crippen LogP contribution in [0.1, 0.15) is 62.0 Å². The molecule has 2 unspecified atom stereocenters. The predicted molar refractivity (Wildman–Crippen MR) is 81.5 cm³/mol. The number of hydrogen-bond acceptors (Lipinski definition) is 3. The number of rotatable bonds is 4. The van der Waals surface area contributed by atoms with Crippen molar-refractivity contribution in [3.05, 3.63) is 23.4 Å². The summed E-state index contributed by atoms with van der Waals surface area (Å²) < 4.78 is 0. The molecule has 20 heavy (non-hydrogen) atoms. The molecule has 110 valence electrons. The van der Waals surface area contributed by atoms with Gasteiger partial charge in [-0.1, -0.05) is 33.1 Å². The smallest absolute Gasteiger partial charge is 0.251 e. The molecule has 4 heteroatoms. The van der Waals surface area contributed by atoms with Crippen LogP contribution in [0.2, 0.25) is 0 Å². The van der Waals surface area contributed by atoms with E-state index in [1.807, 2.05) is 13.0 Å². The van der Waals surface area contributed by atoms with Crippen molar-refractivity contribution in [1.29, 1.82) is 0 Å². The number of nitrogen functional groups attached to an aromatic ring is 1. The third-order valence-corrected chi connectivity index (χ3v) is 4.22. The molecule has 0 aromatic carbocycles. The van der Waals surface area contributed by atoms with Crippen molar-refractivity contribution in [2.24, 2.45) is 5.92 Å². The van der Waals surface area contributed by atoms with Gasteiger partial charge in [0.15, 0.2) is 0 Å². The van der Waals surface area contributed by atoms with Crippen molar-refractivity contribution in [3.8, 4) is 0 Å². The van der Waals surface area contributed by atoms with Crippen molar-refractivity contribution in [2.45, 2.75) is 58.4 Å². The Balaban J connectivity index is 2.02. The highest BCUT2D eigenvalue weighted by molar-refractivity contribution is 5.95. The zero-order valence-electron chi connectivity index (χ0n) is 12.5. The van der Waals surface area contributed by atoms with Crippen molar-refractivity contribution >= 4 is 11.7 Å². The number of anilines is 1. The molecule has 0 saturated heterocycles. The molecule has 1 saturated carbocycles. The number of carbonyl (C=O) groups excluding carboxylic acids is 1. The molecule has 2 atom stereocenters. The standard InChI is InChI=1S/C16H25N3O/c1-3-11-6-5-7-14(8-11)19-16(20)12-9-13(4-2)18-15(17)10-12/h9-11,14H,3-8H2,1-2H3,(H2,17,18)(H,19,20). The van der Waals surface area contributed by atoms with E-state index in [9.17, 15) is 4.79 Å². The van der Waals surface area contributed by atoms with Gasteiger partial charge in [-0.15, -0.1) is 0 Å². The van der Waals surface area contributed by atoms with E-state index in [0.29, 0.717) is 17.4 Å². The van der Waals surface area contributed by atoms with Crippen molar-refractivity contribution in [1.82, 2.24) is 10.3 Å². The summed E-state index contributed by atoms with van der Waals surface area (Å²) in [5.41, 5.74) is 7.26. The minimum atomic E-state index is -0.0180. The van der Waals surface area contributed by atoms with Crippen LogP contribution in [0.4, 0.5) is 5.82 Å². The second-order valence-electron chi connectivity index (χ2n) is 5.74. The first-order valence-electron chi connectivity index (χ1n) is 7.69. The van der Waals surface area contributed by atoms with Gasteiger partial charge in [-0.2, -0.15) is 0 Å². The second kappa shape index (κ2) is 6.73. The average Bonchev–Trinajstić information content (AvgIpc) is 2.46. The van der Waals surface area contributed by atoms with Crippen LogP contribution < -0.4 is 11.1 Å². The van der Waals surface area contributed by atoms with Gasteiger partial charge >= 0.3 is 0 Å². The number of aryl methyl sites for hydroxylation is 1. The summed E-state index contributed by atoms with van der Waals surface area (Å²) in [7, 11) is 0. The summed E-state index contributed by atoms with van der Waals surface area (Å²) in [6, 6.07) is 3.81. The highest BCUT2D eigenvalue weighted by Crippen LogP contribution is 2.26. The fraction of sp³-hybridized carbons (Fsp3) is 0.625. The average molecular weight is 275 g/mol. The maximum atomic E-state index is 12.3. The lowest BCUT2D eigenvalue weighted by Gasteiger charge is -2.29. The molecule has 1 aliphatic carbocycles. The van der Waals surface area contributed by atoms with Crippen LogP contribution >= 0.6 is 0 Å². The molecular formula is C16H25N3O. The van der Waals surface area contributed by atoms with Gasteiger partial charge in [0.25, 0.3) is 5.91 Å². The molecule has 1 heterocycles. The molecule has 4 nitrogen and oxygen atoms in total. The minimum absolute atomic E-state index is 0.0180. The molecule has 0 spiro atoms. The molecule has 1 fully saturated rings. The quantitative estimate of drug-likeness (QED) is 0.887. The van der Waals surface area contributed by atoms with Gasteiger partial charge in [0.2, 0.25) is 0 Å². The summed E-state index contributed by atoms with van der Waals surface area (Å²) in [5.74, 6) is 1.16. The third kappa shape index (κ3) is 3.71. The van der Waals surface area contributed by atoms with E-state index in [2.05, 4.69) is 17.2 Å². The number of carbonyl (C=O) groups is 1. The number of aromatic nitrogens is 1. The third-order valence-electron chi connectivity index (χ3n) is 4.22. The maximum absolute atomic E-state index is 12.3. The van der Waals surface area contributed by atoms with Crippen LogP contribution in [0, 0.1) is 5.92 Å². The van der Waals surface area contributed by atoms with Crippen molar-refractivity contribution in [3.63, 3.8) is 0 Å². The first kappa shape index (κ1) is 14.8. The number of amides is 1. The van der Waals surface area contributed by atoms with E-state index < -0.39 is 0 Å². The molecule has 1 amide bonds. The highest BCUT2D eigenvalue weighted by atomic mass is 16.1. The maximum Gasteiger partial charge on any atom is 0.251 e. The number of nitrogens with zero attached hydrogens (tertiary/aromatic N) is 1. The van der Waals surface area contributed by atoms with Gasteiger partial charge < -0.3 is 11.1 Å². The van der Waals surface area contributed by atoms with E-state index in [1.165, 1.54) is 19.3 Å². The Hall–Kier alpha value is -1.58. The van der Waals surface area contributed by atoms with Gasteiger partial charge in [-0.3, -0.25) is 4.79 Å². The summed E-state index contributed by atoms with van der Waals surface area (Å²) in [6.45, 7) is 4.24. The number of hydrogen-bond donors (Lipinski definition) is 2. The monoisotopic (exact) mass is 275 g/mol. The lowest BCUT2D eigenvalue weighted by molar-refractivity contribution is 0.0919. The Bertz CT molecular complexity index is 473. The van der Waals surface area contributed by atoms with E-state index in [-0.39, 0.29) is 5.91 Å². The molecule has 3 N–H and O–H groups in total. The van der Waals surface area contributed by atoms with Crippen LogP contribution in [0.25, 0.3) is 0 Å². The molecule has 1 aliphatic rings. The van der Waals surface area contributed by atoms with Crippen LogP contribution in [0.15, 0.2) is 12.1 Å². The van der Waals surface area contributed by atoms with E-state index in [0.717, 1.165) is 30.9 Å². The van der Waals surface area contributed by atoms with Crippen molar-refractivity contribution in [2.75, 3.05) is 5.73 Å². The Morgan fingerprint density at radius 2 is 2.20 bits per heavy atom. The molecule has 2 rings (SSSR count). The minimum Gasteiger partial charge on any atom is -0.384 e. The zero-order valence-corrected chi connectivity index (χ0v) is 12.5. The van der Waals surface area contributed by atoms with Crippen LogP contribution in [0.3, 0.4) is 0 Å². The van der Waals surface area contributed by atoms with Gasteiger partial charge in [0, 0.05) is 17.3 Å². The Kier molecular flexibility index (Phi) is 4.99. The SMILES string of the molecule is CCc1cc(C(=O)NC2CCCC(CC)C2)cc(N)n1. The van der Waals surface area contributed by atoms with Crippen molar-refractivity contribution < 1.29 is 4.79 Å². The predicted octanol–water partition coefficient (Wildman–Crippen LogP) is 2.92. The lowest BCUT2D eigenvalue weighted by Crippen LogP contribution is -2.38. The summed E-state index contributed by atoms with van der Waals surface area (Å²) >= 11 is 0. The summed E-state index contributed by atoms with van der Waals surface area (Å²) in [6.07, 6.45) is 6.68. The van der Waals surface area contributed by atoms with Gasteiger partial charge in [0.05, 0.1) is 0 Å².